The number of hydrogen-bond acceptors (Lipinski definition) is 7. The molecular formula is C21H23N3O5. The molecule has 29 heavy (non-hydrogen) atoms. The van der Waals surface area contributed by atoms with Crippen LogP contribution in [0, 0.1) is 17.0 Å². The van der Waals surface area contributed by atoms with Crippen molar-refractivity contribution in [1.82, 2.24) is 4.98 Å². The van der Waals surface area contributed by atoms with Gasteiger partial charge in [-0.05, 0) is 37.6 Å². The number of hydrogen-bond donors (Lipinski definition) is 1. The summed E-state index contributed by atoms with van der Waals surface area (Å²) in [7, 11) is 4.69. The SMILES string of the molecule is COc1cc(C(C)Nc2cc(C)nc3c([N+](=O)[O-])cccc23)cc(OC)c1OC. The van der Waals surface area contributed by atoms with Crippen LogP contribution in [0.3, 0.4) is 0 Å². The average Bonchev–Trinajstić information content (AvgIpc) is 2.71. The Morgan fingerprint density at radius 2 is 1.72 bits per heavy atom. The lowest BCUT2D eigenvalue weighted by atomic mass is 10.0. The highest BCUT2D eigenvalue weighted by Gasteiger charge is 2.19. The molecule has 0 spiro atoms. The standard InChI is InChI=1S/C21H23N3O5/c1-12-9-16(15-7-6-8-17(24(25)26)20(15)22-12)23-13(2)14-10-18(27-3)21(29-5)19(11-14)28-4/h6-11,13H,1-5H3,(H,22,23). The Kier molecular flexibility index (Phi) is 5.72. The Hall–Kier alpha value is -3.55. The maximum Gasteiger partial charge on any atom is 0.295 e. The van der Waals surface area contributed by atoms with E-state index in [1.54, 1.807) is 27.4 Å². The normalized spacial score (nSPS) is 11.8. The number of anilines is 1. The fourth-order valence-electron chi connectivity index (χ4n) is 3.30. The highest BCUT2D eigenvalue weighted by atomic mass is 16.6. The molecule has 0 saturated heterocycles. The van der Waals surface area contributed by atoms with Crippen LogP contribution in [0.2, 0.25) is 0 Å². The van der Waals surface area contributed by atoms with E-state index in [4.69, 9.17) is 14.2 Å². The number of nitrogens with zero attached hydrogens (tertiary/aromatic N) is 2. The maximum absolute atomic E-state index is 11.4. The maximum atomic E-state index is 11.4. The summed E-state index contributed by atoms with van der Waals surface area (Å²) in [6, 6.07) is 10.4. The minimum absolute atomic E-state index is 0.0188. The number of fused-ring (bicyclic) bond motifs is 1. The summed E-state index contributed by atoms with van der Waals surface area (Å²) in [5.41, 5.74) is 2.70. The van der Waals surface area contributed by atoms with Gasteiger partial charge in [0, 0.05) is 28.9 Å². The molecule has 1 atom stereocenters. The van der Waals surface area contributed by atoms with Crippen LogP contribution in [0.5, 0.6) is 17.2 Å². The van der Waals surface area contributed by atoms with Gasteiger partial charge in [-0.3, -0.25) is 10.1 Å². The summed E-state index contributed by atoms with van der Waals surface area (Å²) in [5.74, 6) is 1.63. The number of non-ortho nitro benzene ring substituents is 1. The Morgan fingerprint density at radius 1 is 1.07 bits per heavy atom. The van der Waals surface area contributed by atoms with E-state index >= 15 is 0 Å². The quantitative estimate of drug-likeness (QED) is 0.458. The largest absolute Gasteiger partial charge is 0.493 e. The van der Waals surface area contributed by atoms with Gasteiger partial charge in [-0.1, -0.05) is 12.1 Å². The molecule has 152 valence electrons. The Balaban J connectivity index is 2.06. The molecule has 1 heterocycles. The third-order valence-corrected chi connectivity index (χ3v) is 4.70. The van der Waals surface area contributed by atoms with Gasteiger partial charge in [0.1, 0.15) is 0 Å². The number of benzene rings is 2. The monoisotopic (exact) mass is 397 g/mol. The minimum atomic E-state index is -0.415. The number of methoxy groups -OCH3 is 3. The number of nitro benzene ring substituents is 1. The second-order valence-electron chi connectivity index (χ2n) is 6.57. The number of aryl methyl sites for hydroxylation is 1. The van der Waals surface area contributed by atoms with Crippen molar-refractivity contribution in [2.24, 2.45) is 0 Å². The topological polar surface area (TPSA) is 95.8 Å². The van der Waals surface area contributed by atoms with Gasteiger partial charge < -0.3 is 19.5 Å². The first-order valence-corrected chi connectivity index (χ1v) is 9.00. The Morgan fingerprint density at radius 3 is 2.28 bits per heavy atom. The lowest BCUT2D eigenvalue weighted by Crippen LogP contribution is -2.09. The van der Waals surface area contributed by atoms with Crippen molar-refractivity contribution in [2.75, 3.05) is 26.6 Å². The predicted molar refractivity (Wildman–Crippen MR) is 111 cm³/mol. The van der Waals surface area contributed by atoms with Crippen LogP contribution in [0.1, 0.15) is 24.2 Å². The minimum Gasteiger partial charge on any atom is -0.493 e. The van der Waals surface area contributed by atoms with Crippen molar-refractivity contribution in [3.63, 3.8) is 0 Å². The summed E-state index contributed by atoms with van der Waals surface area (Å²) in [4.78, 5) is 15.3. The number of nitro groups is 1. The fraction of sp³-hybridized carbons (Fsp3) is 0.286. The van der Waals surface area contributed by atoms with Crippen LogP contribution in [0.4, 0.5) is 11.4 Å². The first-order chi connectivity index (χ1) is 13.9. The summed E-state index contributed by atoms with van der Waals surface area (Å²) >= 11 is 0. The van der Waals surface area contributed by atoms with Gasteiger partial charge in [-0.15, -0.1) is 0 Å². The summed E-state index contributed by atoms with van der Waals surface area (Å²) < 4.78 is 16.2. The molecule has 1 N–H and O–H groups in total. The van der Waals surface area contributed by atoms with Crippen molar-refractivity contribution in [3.8, 4) is 17.2 Å². The smallest absolute Gasteiger partial charge is 0.295 e. The van der Waals surface area contributed by atoms with Crippen molar-refractivity contribution in [1.29, 1.82) is 0 Å². The summed E-state index contributed by atoms with van der Waals surface area (Å²) in [6.45, 7) is 3.80. The fourth-order valence-corrected chi connectivity index (χ4v) is 3.30. The van der Waals surface area contributed by atoms with Gasteiger partial charge in [-0.2, -0.15) is 0 Å². The number of aromatic nitrogens is 1. The molecule has 0 saturated carbocycles. The number of ether oxygens (including phenoxy) is 3. The average molecular weight is 397 g/mol. The molecule has 0 aliphatic heterocycles. The van der Waals surface area contributed by atoms with Gasteiger partial charge in [0.25, 0.3) is 5.69 Å². The summed E-state index contributed by atoms with van der Waals surface area (Å²) in [5, 5.41) is 15.5. The van der Waals surface area contributed by atoms with Gasteiger partial charge in [0.15, 0.2) is 17.0 Å². The molecule has 1 aromatic heterocycles. The number of rotatable bonds is 7. The van der Waals surface area contributed by atoms with Gasteiger partial charge in [0.2, 0.25) is 5.75 Å². The lowest BCUT2D eigenvalue weighted by molar-refractivity contribution is -0.383. The van der Waals surface area contributed by atoms with Gasteiger partial charge >= 0.3 is 0 Å². The van der Waals surface area contributed by atoms with Crippen molar-refractivity contribution in [2.45, 2.75) is 19.9 Å². The van der Waals surface area contributed by atoms with Crippen LogP contribution in [0.15, 0.2) is 36.4 Å². The molecule has 3 aromatic rings. The van der Waals surface area contributed by atoms with E-state index in [0.29, 0.717) is 33.8 Å². The van der Waals surface area contributed by atoms with Gasteiger partial charge in [0.05, 0.1) is 26.3 Å². The second-order valence-corrected chi connectivity index (χ2v) is 6.57. The van der Waals surface area contributed by atoms with E-state index in [1.165, 1.54) is 6.07 Å². The molecule has 0 radical (unpaired) electrons. The molecule has 0 aliphatic rings. The van der Waals surface area contributed by atoms with E-state index in [0.717, 1.165) is 11.3 Å². The van der Waals surface area contributed by atoms with E-state index < -0.39 is 4.92 Å². The first kappa shape index (κ1) is 20.2. The van der Waals surface area contributed by atoms with Crippen LogP contribution in [-0.2, 0) is 0 Å². The Bertz CT molecular complexity index is 1040. The third kappa shape index (κ3) is 3.87. The van der Waals surface area contributed by atoms with Crippen LogP contribution >= 0.6 is 0 Å². The third-order valence-electron chi connectivity index (χ3n) is 4.70. The molecular weight excluding hydrogens is 374 g/mol. The van der Waals surface area contributed by atoms with Crippen LogP contribution in [-0.4, -0.2) is 31.2 Å². The van der Waals surface area contributed by atoms with Gasteiger partial charge in [-0.25, -0.2) is 4.98 Å². The Labute approximate surface area is 168 Å². The zero-order valence-corrected chi connectivity index (χ0v) is 17.0. The zero-order valence-electron chi connectivity index (χ0n) is 17.0. The molecule has 0 aliphatic carbocycles. The number of pyridine rings is 1. The molecule has 3 rings (SSSR count). The lowest BCUT2D eigenvalue weighted by Gasteiger charge is -2.20. The van der Waals surface area contributed by atoms with E-state index in [2.05, 4.69) is 10.3 Å². The van der Waals surface area contributed by atoms with E-state index in [-0.39, 0.29) is 11.7 Å². The molecule has 1 unspecified atom stereocenters. The van der Waals surface area contributed by atoms with E-state index in [9.17, 15) is 10.1 Å². The molecule has 0 amide bonds. The molecule has 0 fully saturated rings. The number of para-hydroxylation sites is 1. The molecule has 2 aromatic carbocycles. The van der Waals surface area contributed by atoms with Crippen molar-refractivity contribution >= 4 is 22.3 Å². The van der Waals surface area contributed by atoms with Crippen molar-refractivity contribution in [3.05, 3.63) is 57.8 Å². The molecule has 8 heteroatoms. The number of nitrogens with one attached hydrogen (secondary N) is 1. The van der Waals surface area contributed by atoms with Crippen LogP contribution in [0.25, 0.3) is 10.9 Å². The second kappa shape index (κ2) is 8.22. The summed E-state index contributed by atoms with van der Waals surface area (Å²) in [6.07, 6.45) is 0. The predicted octanol–water partition coefficient (Wildman–Crippen LogP) is 4.65. The highest BCUT2D eigenvalue weighted by Crippen LogP contribution is 2.40. The van der Waals surface area contributed by atoms with Crippen molar-refractivity contribution < 1.29 is 19.1 Å². The zero-order chi connectivity index (χ0) is 21.1. The van der Waals surface area contributed by atoms with E-state index in [1.807, 2.05) is 38.1 Å². The van der Waals surface area contributed by atoms with Crippen LogP contribution < -0.4 is 19.5 Å². The molecule has 8 nitrogen and oxygen atoms in total. The first-order valence-electron chi connectivity index (χ1n) is 9.00. The highest BCUT2D eigenvalue weighted by molar-refractivity contribution is 5.96. The molecule has 0 bridgehead atoms.